The highest BCUT2D eigenvalue weighted by Gasteiger charge is 2.01. The molecule has 0 radical (unpaired) electrons. The first kappa shape index (κ1) is 12.7. The van der Waals surface area contributed by atoms with Crippen molar-refractivity contribution in [2.75, 3.05) is 6.54 Å². The van der Waals surface area contributed by atoms with E-state index in [0.29, 0.717) is 6.04 Å². The van der Waals surface area contributed by atoms with Gasteiger partial charge in [-0.1, -0.05) is 0 Å². The molecular formula is C14H20N2. The Morgan fingerprint density at radius 1 is 1.38 bits per heavy atom. The standard InChI is InChI=1S/C14H20N2/c1-3-4-5-6-9-16-13(2)12-14-7-10-15-11-8-14/h1,7-8,10-11,13,16H,4-6,9,12H2,2H3. The molecule has 1 N–H and O–H groups in total. The zero-order valence-corrected chi connectivity index (χ0v) is 9.95. The second kappa shape index (κ2) is 7.90. The molecule has 0 amide bonds. The molecule has 0 spiro atoms. The molecule has 16 heavy (non-hydrogen) atoms. The van der Waals surface area contributed by atoms with Gasteiger partial charge in [0.2, 0.25) is 0 Å². The second-order valence-corrected chi connectivity index (χ2v) is 4.08. The van der Waals surface area contributed by atoms with Crippen LogP contribution in [0, 0.1) is 12.3 Å². The van der Waals surface area contributed by atoms with Gasteiger partial charge in [-0.25, -0.2) is 0 Å². The third kappa shape index (κ3) is 5.53. The Kier molecular flexibility index (Phi) is 6.29. The molecule has 1 aromatic rings. The lowest BCUT2D eigenvalue weighted by molar-refractivity contribution is 0.527. The number of unbranched alkanes of at least 4 members (excludes halogenated alkanes) is 2. The zero-order valence-electron chi connectivity index (χ0n) is 9.95. The molecular weight excluding hydrogens is 196 g/mol. The van der Waals surface area contributed by atoms with Crippen molar-refractivity contribution in [2.24, 2.45) is 0 Å². The number of hydrogen-bond acceptors (Lipinski definition) is 2. The Morgan fingerprint density at radius 3 is 2.81 bits per heavy atom. The van der Waals surface area contributed by atoms with Gasteiger partial charge in [0.15, 0.2) is 0 Å². The smallest absolute Gasteiger partial charge is 0.0270 e. The SMILES string of the molecule is C#CCCCCNC(C)Cc1ccncc1. The van der Waals surface area contributed by atoms with Gasteiger partial charge in [0.25, 0.3) is 0 Å². The summed E-state index contributed by atoms with van der Waals surface area (Å²) in [6.07, 6.45) is 13.1. The summed E-state index contributed by atoms with van der Waals surface area (Å²) in [4.78, 5) is 4.01. The third-order valence-corrected chi connectivity index (χ3v) is 2.53. The Labute approximate surface area is 98.5 Å². The van der Waals surface area contributed by atoms with Crippen molar-refractivity contribution in [3.8, 4) is 12.3 Å². The van der Waals surface area contributed by atoms with Crippen molar-refractivity contribution in [3.05, 3.63) is 30.1 Å². The van der Waals surface area contributed by atoms with E-state index in [2.05, 4.69) is 35.3 Å². The van der Waals surface area contributed by atoms with Gasteiger partial charge in [-0.2, -0.15) is 0 Å². The predicted octanol–water partition coefficient (Wildman–Crippen LogP) is 2.41. The molecule has 0 aliphatic heterocycles. The van der Waals surface area contributed by atoms with Gasteiger partial charge >= 0.3 is 0 Å². The largest absolute Gasteiger partial charge is 0.314 e. The Balaban J connectivity index is 2.12. The fourth-order valence-electron chi connectivity index (χ4n) is 1.65. The van der Waals surface area contributed by atoms with Crippen molar-refractivity contribution in [1.29, 1.82) is 0 Å². The summed E-state index contributed by atoms with van der Waals surface area (Å²) < 4.78 is 0. The fraction of sp³-hybridized carbons (Fsp3) is 0.500. The number of nitrogens with one attached hydrogen (secondary N) is 1. The number of terminal acetylenes is 1. The summed E-state index contributed by atoms with van der Waals surface area (Å²) in [5.74, 6) is 2.66. The van der Waals surface area contributed by atoms with Crippen LogP contribution in [-0.2, 0) is 6.42 Å². The van der Waals surface area contributed by atoms with Crippen molar-refractivity contribution in [3.63, 3.8) is 0 Å². The summed E-state index contributed by atoms with van der Waals surface area (Å²) in [5.41, 5.74) is 1.33. The van der Waals surface area contributed by atoms with E-state index in [1.807, 2.05) is 12.4 Å². The number of hydrogen-bond donors (Lipinski definition) is 1. The van der Waals surface area contributed by atoms with E-state index in [9.17, 15) is 0 Å². The summed E-state index contributed by atoms with van der Waals surface area (Å²) in [7, 11) is 0. The molecule has 1 rings (SSSR count). The van der Waals surface area contributed by atoms with Gasteiger partial charge in [-0.05, 0) is 50.4 Å². The maximum atomic E-state index is 5.20. The number of rotatable bonds is 7. The van der Waals surface area contributed by atoms with E-state index in [4.69, 9.17) is 6.42 Å². The molecule has 1 unspecified atom stereocenters. The maximum Gasteiger partial charge on any atom is 0.0270 e. The highest BCUT2D eigenvalue weighted by molar-refractivity contribution is 5.10. The van der Waals surface area contributed by atoms with Crippen molar-refractivity contribution < 1.29 is 0 Å². The number of nitrogens with zero attached hydrogens (tertiary/aromatic N) is 1. The first-order valence-electron chi connectivity index (χ1n) is 5.88. The lowest BCUT2D eigenvalue weighted by Gasteiger charge is -2.13. The Hall–Kier alpha value is -1.33. The molecule has 0 bridgehead atoms. The first-order chi connectivity index (χ1) is 7.83. The van der Waals surface area contributed by atoms with Gasteiger partial charge in [-0.15, -0.1) is 12.3 Å². The molecule has 1 heterocycles. The lowest BCUT2D eigenvalue weighted by atomic mass is 10.1. The van der Waals surface area contributed by atoms with Crippen LogP contribution in [-0.4, -0.2) is 17.6 Å². The zero-order chi connectivity index (χ0) is 11.6. The van der Waals surface area contributed by atoms with Crippen LogP contribution in [0.15, 0.2) is 24.5 Å². The predicted molar refractivity (Wildman–Crippen MR) is 68.1 cm³/mol. The van der Waals surface area contributed by atoms with Gasteiger partial charge in [0.05, 0.1) is 0 Å². The van der Waals surface area contributed by atoms with Gasteiger partial charge in [0, 0.05) is 24.9 Å². The molecule has 0 fully saturated rings. The number of pyridine rings is 1. The van der Waals surface area contributed by atoms with E-state index in [0.717, 1.165) is 32.2 Å². The van der Waals surface area contributed by atoms with Crippen molar-refractivity contribution in [2.45, 2.75) is 38.6 Å². The molecule has 86 valence electrons. The molecule has 1 aromatic heterocycles. The van der Waals surface area contributed by atoms with Gasteiger partial charge in [0.1, 0.15) is 0 Å². The van der Waals surface area contributed by atoms with Crippen LogP contribution in [0.3, 0.4) is 0 Å². The van der Waals surface area contributed by atoms with Crippen molar-refractivity contribution in [1.82, 2.24) is 10.3 Å². The van der Waals surface area contributed by atoms with Crippen LogP contribution in [0.4, 0.5) is 0 Å². The van der Waals surface area contributed by atoms with Crippen LogP contribution in [0.1, 0.15) is 31.7 Å². The van der Waals surface area contributed by atoms with E-state index in [1.165, 1.54) is 5.56 Å². The quantitative estimate of drug-likeness (QED) is 0.559. The summed E-state index contributed by atoms with van der Waals surface area (Å²) in [5, 5.41) is 3.50. The van der Waals surface area contributed by atoms with Gasteiger partial charge < -0.3 is 5.32 Å². The number of aromatic nitrogens is 1. The maximum absolute atomic E-state index is 5.20. The molecule has 2 heteroatoms. The topological polar surface area (TPSA) is 24.9 Å². The Bertz CT molecular complexity index is 313. The molecule has 0 aliphatic carbocycles. The third-order valence-electron chi connectivity index (χ3n) is 2.53. The normalized spacial score (nSPS) is 12.0. The fourth-order valence-corrected chi connectivity index (χ4v) is 1.65. The van der Waals surface area contributed by atoms with Crippen LogP contribution >= 0.6 is 0 Å². The van der Waals surface area contributed by atoms with E-state index < -0.39 is 0 Å². The monoisotopic (exact) mass is 216 g/mol. The minimum atomic E-state index is 0.508. The molecule has 0 saturated heterocycles. The van der Waals surface area contributed by atoms with Crippen molar-refractivity contribution >= 4 is 0 Å². The highest BCUT2D eigenvalue weighted by Crippen LogP contribution is 2.01. The van der Waals surface area contributed by atoms with Crippen LogP contribution in [0.25, 0.3) is 0 Å². The lowest BCUT2D eigenvalue weighted by Crippen LogP contribution is -2.28. The summed E-state index contributed by atoms with van der Waals surface area (Å²) in [6, 6.07) is 4.64. The van der Waals surface area contributed by atoms with Gasteiger partial charge in [-0.3, -0.25) is 4.98 Å². The minimum absolute atomic E-state index is 0.508. The molecule has 0 aliphatic rings. The van der Waals surface area contributed by atoms with Crippen LogP contribution in [0.2, 0.25) is 0 Å². The minimum Gasteiger partial charge on any atom is -0.314 e. The van der Waals surface area contributed by atoms with E-state index in [1.54, 1.807) is 0 Å². The Morgan fingerprint density at radius 2 is 2.12 bits per heavy atom. The molecule has 0 saturated carbocycles. The molecule has 0 aromatic carbocycles. The average Bonchev–Trinajstić information content (AvgIpc) is 2.30. The highest BCUT2D eigenvalue weighted by atomic mass is 14.9. The summed E-state index contributed by atoms with van der Waals surface area (Å²) >= 11 is 0. The summed E-state index contributed by atoms with van der Waals surface area (Å²) in [6.45, 7) is 3.26. The van der Waals surface area contributed by atoms with Crippen LogP contribution < -0.4 is 5.32 Å². The average molecular weight is 216 g/mol. The van der Waals surface area contributed by atoms with E-state index in [-0.39, 0.29) is 0 Å². The molecule has 2 nitrogen and oxygen atoms in total. The second-order valence-electron chi connectivity index (χ2n) is 4.08. The van der Waals surface area contributed by atoms with Crippen LogP contribution in [0.5, 0.6) is 0 Å². The first-order valence-corrected chi connectivity index (χ1v) is 5.88. The van der Waals surface area contributed by atoms with E-state index >= 15 is 0 Å². The molecule has 1 atom stereocenters.